The third-order valence-corrected chi connectivity index (χ3v) is 8.35. The fraction of sp³-hybridized carbons (Fsp3) is 0.583. The van der Waals surface area contributed by atoms with Crippen LogP contribution in [0.2, 0.25) is 0 Å². The monoisotopic (exact) mass is 412 g/mol. The van der Waals surface area contributed by atoms with Crippen LogP contribution >= 0.6 is 11.8 Å². The molecule has 2 amide bonds. The first-order valence-corrected chi connectivity index (χ1v) is 12.1. The Bertz CT molecular complexity index is 735. The number of rotatable bonds is 5. The van der Waals surface area contributed by atoms with E-state index in [0.29, 0.717) is 12.3 Å². The Morgan fingerprint density at radius 3 is 2.52 bits per heavy atom. The van der Waals surface area contributed by atoms with Crippen molar-refractivity contribution >= 4 is 29.7 Å². The number of amides is 2. The second-order valence-corrected chi connectivity index (χ2v) is 10.1. The van der Waals surface area contributed by atoms with Gasteiger partial charge in [-0.15, -0.1) is 11.8 Å². The van der Waals surface area contributed by atoms with E-state index in [1.165, 1.54) is 25.7 Å². The molecule has 1 spiro atoms. The number of carbonyl (C=O) groups excluding carboxylic acids is 2. The Balaban J connectivity index is 1.31. The Labute approximate surface area is 178 Å². The van der Waals surface area contributed by atoms with Crippen molar-refractivity contribution in [2.75, 3.05) is 25.4 Å². The van der Waals surface area contributed by atoms with E-state index in [1.54, 1.807) is 6.08 Å². The quantitative estimate of drug-likeness (QED) is 0.666. The smallest absolute Gasteiger partial charge is 0.247 e. The Morgan fingerprint density at radius 1 is 1.07 bits per heavy atom. The maximum Gasteiger partial charge on any atom is 0.247 e. The van der Waals surface area contributed by atoms with Gasteiger partial charge in [0.15, 0.2) is 0 Å². The van der Waals surface area contributed by atoms with Crippen LogP contribution in [0, 0.1) is 5.92 Å². The summed E-state index contributed by atoms with van der Waals surface area (Å²) in [5.74, 6) is 2.17. The zero-order valence-electron chi connectivity index (χ0n) is 17.2. The average molecular weight is 413 g/mol. The lowest BCUT2D eigenvalue weighted by atomic mass is 9.99. The van der Waals surface area contributed by atoms with Gasteiger partial charge in [-0.1, -0.05) is 56.0 Å². The van der Waals surface area contributed by atoms with Crippen LogP contribution in [0.3, 0.4) is 0 Å². The lowest BCUT2D eigenvalue weighted by Gasteiger charge is -2.43. The maximum absolute atomic E-state index is 12.9. The number of benzene rings is 1. The molecule has 3 aliphatic rings. The molecule has 0 atom stereocenters. The summed E-state index contributed by atoms with van der Waals surface area (Å²) in [6, 6.07) is 9.96. The van der Waals surface area contributed by atoms with Gasteiger partial charge >= 0.3 is 0 Å². The minimum absolute atomic E-state index is 0.0971. The molecular formula is C24H32N2O2S. The molecule has 2 saturated heterocycles. The van der Waals surface area contributed by atoms with Crippen molar-refractivity contribution in [3.8, 4) is 0 Å². The number of nitrogens with zero attached hydrogens (tertiary/aromatic N) is 2. The highest BCUT2D eigenvalue weighted by molar-refractivity contribution is 8.00. The summed E-state index contributed by atoms with van der Waals surface area (Å²) in [6.45, 7) is 2.36. The maximum atomic E-state index is 12.9. The fourth-order valence-electron chi connectivity index (χ4n) is 5.05. The van der Waals surface area contributed by atoms with Crippen molar-refractivity contribution in [1.82, 2.24) is 9.80 Å². The molecule has 0 unspecified atom stereocenters. The van der Waals surface area contributed by atoms with Gasteiger partial charge in [-0.3, -0.25) is 9.59 Å². The van der Waals surface area contributed by atoms with Crippen molar-refractivity contribution in [2.24, 2.45) is 5.92 Å². The molecule has 0 N–H and O–H groups in total. The summed E-state index contributed by atoms with van der Waals surface area (Å²) in [5.41, 5.74) is 1.05. The summed E-state index contributed by atoms with van der Waals surface area (Å²) in [7, 11) is 0. The third-order valence-electron chi connectivity index (χ3n) is 6.80. The van der Waals surface area contributed by atoms with E-state index >= 15 is 0 Å². The van der Waals surface area contributed by atoms with E-state index < -0.39 is 0 Å². The van der Waals surface area contributed by atoms with Crippen molar-refractivity contribution in [2.45, 2.75) is 56.2 Å². The first-order chi connectivity index (χ1) is 14.2. The molecule has 1 aliphatic carbocycles. The molecule has 4 nitrogen and oxygen atoms in total. The van der Waals surface area contributed by atoms with Gasteiger partial charge in [0.25, 0.3) is 0 Å². The van der Waals surface area contributed by atoms with E-state index in [2.05, 4.69) is 4.90 Å². The Kier molecular flexibility index (Phi) is 6.63. The van der Waals surface area contributed by atoms with Gasteiger partial charge in [0.1, 0.15) is 0 Å². The number of carbonyl (C=O) groups is 2. The second-order valence-electron chi connectivity index (χ2n) is 8.60. The van der Waals surface area contributed by atoms with E-state index in [0.717, 1.165) is 56.1 Å². The molecule has 5 heteroatoms. The van der Waals surface area contributed by atoms with E-state index in [1.807, 2.05) is 53.1 Å². The van der Waals surface area contributed by atoms with Crippen LogP contribution in [0.25, 0.3) is 6.08 Å². The summed E-state index contributed by atoms with van der Waals surface area (Å²) < 4.78 is 0. The summed E-state index contributed by atoms with van der Waals surface area (Å²) >= 11 is 1.90. The number of thioether (sulfide) groups is 1. The molecule has 4 rings (SSSR count). The van der Waals surface area contributed by atoms with Crippen LogP contribution in [0.5, 0.6) is 0 Å². The second kappa shape index (κ2) is 9.38. The van der Waals surface area contributed by atoms with Gasteiger partial charge in [0, 0.05) is 37.9 Å². The largest absolute Gasteiger partial charge is 0.342 e. The van der Waals surface area contributed by atoms with Gasteiger partial charge in [0.05, 0.1) is 4.87 Å². The fourth-order valence-corrected chi connectivity index (χ4v) is 6.51. The molecule has 0 radical (unpaired) electrons. The van der Waals surface area contributed by atoms with E-state index in [9.17, 15) is 9.59 Å². The number of hydrogen-bond acceptors (Lipinski definition) is 3. The highest BCUT2D eigenvalue weighted by Crippen LogP contribution is 2.44. The molecule has 0 bridgehead atoms. The molecular weight excluding hydrogens is 380 g/mol. The Hall–Kier alpha value is -1.75. The Morgan fingerprint density at radius 2 is 1.79 bits per heavy atom. The van der Waals surface area contributed by atoms with Crippen LogP contribution < -0.4 is 0 Å². The zero-order valence-corrected chi connectivity index (χ0v) is 18.0. The summed E-state index contributed by atoms with van der Waals surface area (Å²) in [5, 5.41) is 0. The zero-order chi connectivity index (χ0) is 20.1. The average Bonchev–Trinajstić information content (AvgIpc) is 3.42. The summed E-state index contributed by atoms with van der Waals surface area (Å²) in [4.78, 5) is 29.5. The van der Waals surface area contributed by atoms with E-state index in [-0.39, 0.29) is 10.8 Å². The lowest BCUT2D eigenvalue weighted by Crippen LogP contribution is -2.53. The third kappa shape index (κ3) is 4.88. The highest BCUT2D eigenvalue weighted by atomic mass is 32.2. The van der Waals surface area contributed by atoms with Crippen LogP contribution in [0.15, 0.2) is 36.4 Å². The molecule has 1 aromatic rings. The normalized spacial score (nSPS) is 22.1. The van der Waals surface area contributed by atoms with Crippen LogP contribution in [0.1, 0.15) is 56.9 Å². The van der Waals surface area contributed by atoms with Gasteiger partial charge in [-0.05, 0) is 36.8 Å². The highest BCUT2D eigenvalue weighted by Gasteiger charge is 2.46. The van der Waals surface area contributed by atoms with Crippen molar-refractivity contribution in [3.05, 3.63) is 42.0 Å². The van der Waals surface area contributed by atoms with Gasteiger partial charge in [-0.2, -0.15) is 0 Å². The summed E-state index contributed by atoms with van der Waals surface area (Å²) in [6.07, 6.45) is 12.4. The van der Waals surface area contributed by atoms with Crippen LogP contribution in [-0.4, -0.2) is 51.9 Å². The minimum Gasteiger partial charge on any atom is -0.342 e. The minimum atomic E-state index is -0.125. The van der Waals surface area contributed by atoms with Gasteiger partial charge < -0.3 is 9.80 Å². The van der Waals surface area contributed by atoms with Gasteiger partial charge in [-0.25, -0.2) is 0 Å². The standard InChI is InChI=1S/C24H32N2O2S/c27-22(12-10-21-8-4-5-9-21)25-16-14-24(15-17-25)26(18-19-29-24)23(28)13-11-20-6-2-1-3-7-20/h1-3,6-7,11,13,21H,4-5,8-10,12,14-19H2/b13-11+. The SMILES string of the molecule is O=C(CCC1CCCC1)N1CCC2(CC1)SCCN2C(=O)/C=C/c1ccccc1. The van der Waals surface area contributed by atoms with Crippen LogP contribution in [-0.2, 0) is 9.59 Å². The molecule has 1 aromatic carbocycles. The van der Waals surface area contributed by atoms with Crippen LogP contribution in [0.4, 0.5) is 0 Å². The van der Waals surface area contributed by atoms with Gasteiger partial charge in [0.2, 0.25) is 11.8 Å². The van der Waals surface area contributed by atoms with Crippen molar-refractivity contribution in [1.29, 1.82) is 0 Å². The predicted octanol–water partition coefficient (Wildman–Crippen LogP) is 4.56. The van der Waals surface area contributed by atoms with Crippen molar-refractivity contribution in [3.63, 3.8) is 0 Å². The molecule has 3 fully saturated rings. The molecule has 1 saturated carbocycles. The van der Waals surface area contributed by atoms with E-state index in [4.69, 9.17) is 0 Å². The number of piperidine rings is 1. The first kappa shape index (κ1) is 20.5. The lowest BCUT2D eigenvalue weighted by molar-refractivity contribution is -0.135. The van der Waals surface area contributed by atoms with Crippen molar-refractivity contribution < 1.29 is 9.59 Å². The first-order valence-electron chi connectivity index (χ1n) is 11.1. The molecule has 2 aliphatic heterocycles. The topological polar surface area (TPSA) is 40.6 Å². The predicted molar refractivity (Wildman–Crippen MR) is 119 cm³/mol. The number of likely N-dealkylation sites (tertiary alicyclic amines) is 1. The molecule has 0 aromatic heterocycles. The molecule has 156 valence electrons. The molecule has 2 heterocycles. The number of hydrogen-bond donors (Lipinski definition) is 0. The molecule has 29 heavy (non-hydrogen) atoms.